The van der Waals surface area contributed by atoms with Crippen molar-refractivity contribution in [2.75, 3.05) is 26.8 Å². The van der Waals surface area contributed by atoms with E-state index in [9.17, 15) is 9.59 Å². The third-order valence-corrected chi connectivity index (χ3v) is 4.19. The lowest BCUT2D eigenvalue weighted by Crippen LogP contribution is -2.49. The fourth-order valence-electron chi connectivity index (χ4n) is 2.89. The maximum atomic E-state index is 12.6. The van der Waals surface area contributed by atoms with Crippen LogP contribution < -0.4 is 0 Å². The first-order valence-electron chi connectivity index (χ1n) is 7.51. The number of morpholine rings is 1. The van der Waals surface area contributed by atoms with Crippen molar-refractivity contribution in [3.8, 4) is 0 Å². The topological polar surface area (TPSA) is 71.6 Å². The molecule has 1 aliphatic rings. The van der Waals surface area contributed by atoms with Gasteiger partial charge in [-0.25, -0.2) is 4.79 Å². The van der Waals surface area contributed by atoms with Crippen molar-refractivity contribution in [1.82, 2.24) is 9.88 Å². The van der Waals surface area contributed by atoms with Crippen LogP contribution in [0.3, 0.4) is 0 Å². The number of aryl methyl sites for hydroxylation is 1. The van der Waals surface area contributed by atoms with Gasteiger partial charge in [0.15, 0.2) is 5.78 Å². The van der Waals surface area contributed by atoms with E-state index in [0.717, 1.165) is 6.54 Å². The van der Waals surface area contributed by atoms with E-state index in [1.807, 2.05) is 13.8 Å². The van der Waals surface area contributed by atoms with Crippen LogP contribution in [0.1, 0.15) is 46.0 Å². The lowest BCUT2D eigenvalue weighted by Gasteiger charge is -2.36. The highest BCUT2D eigenvalue weighted by atomic mass is 16.5. The van der Waals surface area contributed by atoms with Gasteiger partial charge in [-0.3, -0.25) is 9.69 Å². The maximum absolute atomic E-state index is 12.6. The molecule has 1 N–H and O–H groups in total. The van der Waals surface area contributed by atoms with Crippen LogP contribution in [0.2, 0.25) is 0 Å². The van der Waals surface area contributed by atoms with Gasteiger partial charge in [0, 0.05) is 18.3 Å². The van der Waals surface area contributed by atoms with Crippen LogP contribution in [-0.4, -0.2) is 60.6 Å². The van der Waals surface area contributed by atoms with Crippen LogP contribution >= 0.6 is 0 Å². The normalized spacial score (nSPS) is 22.6. The van der Waals surface area contributed by atoms with Gasteiger partial charge in [-0.05, 0) is 33.3 Å². The lowest BCUT2D eigenvalue weighted by molar-refractivity contribution is -0.0460. The molecule has 1 fully saturated rings. The number of carbonyl (C=O) groups is 2. The van der Waals surface area contributed by atoms with Crippen LogP contribution in [0.5, 0.6) is 0 Å². The molecule has 6 nitrogen and oxygen atoms in total. The van der Waals surface area contributed by atoms with Gasteiger partial charge in [-0.1, -0.05) is 0 Å². The second kappa shape index (κ2) is 6.62. The van der Waals surface area contributed by atoms with E-state index in [4.69, 9.17) is 9.47 Å². The van der Waals surface area contributed by atoms with Crippen LogP contribution in [0.15, 0.2) is 0 Å². The average molecular weight is 308 g/mol. The van der Waals surface area contributed by atoms with Crippen molar-refractivity contribution in [2.24, 2.45) is 0 Å². The van der Waals surface area contributed by atoms with Crippen molar-refractivity contribution in [3.63, 3.8) is 0 Å². The quantitative estimate of drug-likeness (QED) is 0.677. The minimum atomic E-state index is -0.418. The second-order valence-electron chi connectivity index (χ2n) is 5.96. The maximum Gasteiger partial charge on any atom is 0.339 e. The van der Waals surface area contributed by atoms with Gasteiger partial charge < -0.3 is 14.5 Å². The summed E-state index contributed by atoms with van der Waals surface area (Å²) >= 11 is 0. The van der Waals surface area contributed by atoms with Gasteiger partial charge in [0.2, 0.25) is 0 Å². The number of carbonyl (C=O) groups excluding carboxylic acids is 2. The van der Waals surface area contributed by atoms with Crippen LogP contribution in [-0.2, 0) is 9.47 Å². The Labute approximate surface area is 130 Å². The molecule has 0 aliphatic carbocycles. The summed E-state index contributed by atoms with van der Waals surface area (Å²) in [6.07, 6.45) is 0.126. The largest absolute Gasteiger partial charge is 0.465 e. The van der Waals surface area contributed by atoms with E-state index >= 15 is 0 Å². The number of nitrogens with one attached hydrogen (secondary N) is 1. The highest BCUT2D eigenvalue weighted by molar-refractivity contribution is 6.02. The smallest absolute Gasteiger partial charge is 0.339 e. The molecule has 2 atom stereocenters. The van der Waals surface area contributed by atoms with Gasteiger partial charge in [-0.15, -0.1) is 0 Å². The molecule has 1 aliphatic heterocycles. The van der Waals surface area contributed by atoms with E-state index in [0.29, 0.717) is 35.7 Å². The first kappa shape index (κ1) is 16.7. The molecule has 0 radical (unpaired) electrons. The summed E-state index contributed by atoms with van der Waals surface area (Å²) in [6, 6.07) is 0.205. The Balaban J connectivity index is 2.18. The van der Waals surface area contributed by atoms with Crippen molar-refractivity contribution in [2.45, 2.75) is 39.8 Å². The molecule has 1 saturated heterocycles. The summed E-state index contributed by atoms with van der Waals surface area (Å²) in [6.45, 7) is 9.27. The minimum absolute atomic E-state index is 0.0169. The number of hydrogen-bond donors (Lipinski definition) is 1. The first-order valence-corrected chi connectivity index (χ1v) is 7.51. The van der Waals surface area contributed by atoms with Crippen molar-refractivity contribution in [1.29, 1.82) is 0 Å². The molecule has 0 bridgehead atoms. The zero-order valence-electron chi connectivity index (χ0n) is 13.9. The van der Waals surface area contributed by atoms with E-state index in [1.165, 1.54) is 7.11 Å². The summed E-state index contributed by atoms with van der Waals surface area (Å²) in [7, 11) is 1.34. The fraction of sp³-hybridized carbons (Fsp3) is 0.625. The number of H-pyrrole nitrogens is 1. The average Bonchev–Trinajstić information content (AvgIpc) is 2.77. The Morgan fingerprint density at radius 3 is 2.68 bits per heavy atom. The predicted molar refractivity (Wildman–Crippen MR) is 82.4 cm³/mol. The molecule has 2 rings (SSSR count). The van der Waals surface area contributed by atoms with Gasteiger partial charge >= 0.3 is 5.97 Å². The molecule has 0 amide bonds. The summed E-state index contributed by atoms with van der Waals surface area (Å²) in [4.78, 5) is 29.5. The van der Waals surface area contributed by atoms with E-state index in [-0.39, 0.29) is 17.9 Å². The number of aromatic amines is 1. The molecule has 1 aromatic rings. The van der Waals surface area contributed by atoms with Gasteiger partial charge in [0.05, 0.1) is 37.6 Å². The summed E-state index contributed by atoms with van der Waals surface area (Å²) in [5.74, 6) is -0.435. The summed E-state index contributed by atoms with van der Waals surface area (Å²) in [5, 5.41) is 0. The van der Waals surface area contributed by atoms with Crippen LogP contribution in [0, 0.1) is 13.8 Å². The number of Topliss-reactive ketones (excluding diaryl/α,β-unsaturated/α-hetero) is 1. The molecule has 122 valence electrons. The number of rotatable bonds is 4. The predicted octanol–water partition coefficient (Wildman–Crippen LogP) is 1.71. The molecule has 22 heavy (non-hydrogen) atoms. The van der Waals surface area contributed by atoms with E-state index in [1.54, 1.807) is 13.8 Å². The van der Waals surface area contributed by atoms with Crippen LogP contribution in [0.25, 0.3) is 0 Å². The third-order valence-electron chi connectivity index (χ3n) is 4.19. The molecular weight excluding hydrogens is 284 g/mol. The minimum Gasteiger partial charge on any atom is -0.465 e. The number of ketones is 1. The number of methoxy groups -OCH3 is 1. The molecule has 0 saturated carbocycles. The van der Waals surface area contributed by atoms with Gasteiger partial charge in [-0.2, -0.15) is 0 Å². The molecule has 1 aromatic heterocycles. The van der Waals surface area contributed by atoms with E-state index < -0.39 is 5.97 Å². The molecule has 0 aromatic carbocycles. The molecule has 0 unspecified atom stereocenters. The van der Waals surface area contributed by atoms with Crippen LogP contribution in [0.4, 0.5) is 0 Å². The van der Waals surface area contributed by atoms with E-state index in [2.05, 4.69) is 9.88 Å². The monoisotopic (exact) mass is 308 g/mol. The first-order chi connectivity index (χ1) is 10.3. The zero-order valence-corrected chi connectivity index (χ0v) is 13.9. The Morgan fingerprint density at radius 2 is 2.05 bits per heavy atom. The summed E-state index contributed by atoms with van der Waals surface area (Å²) in [5.41, 5.74) is 2.26. The van der Waals surface area contributed by atoms with Crippen molar-refractivity contribution in [3.05, 3.63) is 22.5 Å². The number of esters is 1. The molecule has 0 spiro atoms. The van der Waals surface area contributed by atoms with Gasteiger partial charge in [0.25, 0.3) is 0 Å². The number of aromatic nitrogens is 1. The second-order valence-corrected chi connectivity index (χ2v) is 5.96. The highest BCUT2D eigenvalue weighted by Crippen LogP contribution is 2.20. The molecular formula is C16H24N2O4. The van der Waals surface area contributed by atoms with Crippen molar-refractivity contribution >= 4 is 11.8 Å². The SMILES string of the molecule is COC(=O)c1c(C)[nH]c(C(=O)CN2C[C@H](C)OC[C@@H]2C)c1C. The Hall–Kier alpha value is -1.66. The number of hydrogen-bond acceptors (Lipinski definition) is 5. The number of nitrogens with zero attached hydrogens (tertiary/aromatic N) is 1. The third kappa shape index (κ3) is 3.23. The van der Waals surface area contributed by atoms with Gasteiger partial charge in [0.1, 0.15) is 0 Å². The zero-order chi connectivity index (χ0) is 16.4. The Bertz CT molecular complexity index is 579. The fourth-order valence-corrected chi connectivity index (χ4v) is 2.89. The molecule has 2 heterocycles. The Kier molecular flexibility index (Phi) is 5.03. The standard InChI is InChI=1S/C16H24N2O4/c1-9-8-22-10(2)6-18(9)7-13(19)15-11(3)14(12(4)17-15)16(20)21-5/h9-10,17H,6-8H2,1-5H3/t9-,10-/m0/s1. The number of ether oxygens (including phenoxy) is 2. The highest BCUT2D eigenvalue weighted by Gasteiger charge is 2.28. The Morgan fingerprint density at radius 1 is 1.36 bits per heavy atom. The molecule has 6 heteroatoms. The van der Waals surface area contributed by atoms with Crippen molar-refractivity contribution < 1.29 is 19.1 Å². The summed E-state index contributed by atoms with van der Waals surface area (Å²) < 4.78 is 10.4. The lowest BCUT2D eigenvalue weighted by atomic mass is 10.1.